The Balaban J connectivity index is -0.000000219. The van der Waals surface area contributed by atoms with E-state index < -0.39 is 21.7 Å². The molecule has 0 aliphatic rings. The van der Waals surface area contributed by atoms with Crippen LogP contribution in [0, 0.1) is 0 Å². The minimum atomic E-state index is -4.64. The van der Waals surface area contributed by atoms with Crippen LogP contribution in [0.2, 0.25) is 0 Å². The fourth-order valence-corrected chi connectivity index (χ4v) is 0.356. The summed E-state index contributed by atoms with van der Waals surface area (Å²) in [6, 6.07) is 0. The summed E-state index contributed by atoms with van der Waals surface area (Å²) in [4.78, 5) is 43.1. The van der Waals surface area contributed by atoms with Crippen molar-refractivity contribution in [1.82, 2.24) is 0 Å². The lowest BCUT2D eigenvalue weighted by Gasteiger charge is -2.10. The predicted octanol–water partition coefficient (Wildman–Crippen LogP) is -2.09. The second-order valence-corrected chi connectivity index (χ2v) is 5.26. The van der Waals surface area contributed by atoms with Crippen molar-refractivity contribution in [2.24, 2.45) is 0 Å². The van der Waals surface area contributed by atoms with Crippen molar-refractivity contribution in [3.63, 3.8) is 0 Å². The van der Waals surface area contributed by atoms with Crippen LogP contribution >= 0.6 is 15.6 Å². The van der Waals surface area contributed by atoms with E-state index in [9.17, 15) is 0 Å². The van der Waals surface area contributed by atoms with Gasteiger partial charge in [0.05, 0.1) is 25.4 Å². The van der Waals surface area contributed by atoms with E-state index in [0.29, 0.717) is 6.61 Å². The normalized spacial score (nSPS) is 14.4. The van der Waals surface area contributed by atoms with E-state index in [1.54, 1.807) is 13.8 Å². The van der Waals surface area contributed by atoms with Crippen LogP contribution in [0.5, 0.6) is 0 Å². The molecule has 0 spiro atoms. The zero-order chi connectivity index (χ0) is 16.3. The SMILES string of the molecule is CC(O)COC(C)CO.O=P(O)(O)O.O=P(O)(O)O. The van der Waals surface area contributed by atoms with E-state index in [1.807, 2.05) is 0 Å². The summed E-state index contributed by atoms with van der Waals surface area (Å²) in [5.74, 6) is 0. The number of ether oxygens (including phenoxy) is 1. The molecule has 0 heterocycles. The third-order valence-electron chi connectivity index (χ3n) is 0.879. The molecule has 0 amide bonds. The Kier molecular flexibility index (Phi) is 15.1. The van der Waals surface area contributed by atoms with Gasteiger partial charge in [-0.2, -0.15) is 0 Å². The molecule has 0 bridgehead atoms. The van der Waals surface area contributed by atoms with Gasteiger partial charge in [0.15, 0.2) is 0 Å². The van der Waals surface area contributed by atoms with Crippen molar-refractivity contribution in [3.05, 3.63) is 0 Å². The van der Waals surface area contributed by atoms with Gasteiger partial charge in [-0.1, -0.05) is 0 Å². The fourth-order valence-electron chi connectivity index (χ4n) is 0.356. The van der Waals surface area contributed by atoms with E-state index in [4.69, 9.17) is 53.4 Å². The van der Waals surface area contributed by atoms with Crippen LogP contribution in [0.15, 0.2) is 0 Å². The van der Waals surface area contributed by atoms with Crippen LogP contribution in [-0.2, 0) is 13.9 Å². The largest absolute Gasteiger partial charge is 0.466 e. The molecule has 0 aromatic heterocycles. The van der Waals surface area contributed by atoms with Crippen molar-refractivity contribution in [2.75, 3.05) is 13.2 Å². The van der Waals surface area contributed by atoms with E-state index in [-0.39, 0.29) is 12.7 Å². The second-order valence-electron chi connectivity index (χ2n) is 3.20. The molecule has 2 atom stereocenters. The lowest BCUT2D eigenvalue weighted by Crippen LogP contribution is -2.19. The molecule has 19 heavy (non-hydrogen) atoms. The fraction of sp³-hybridized carbons (Fsp3) is 1.00. The molecule has 0 saturated heterocycles. The van der Waals surface area contributed by atoms with Crippen LogP contribution in [0.4, 0.5) is 0 Å². The van der Waals surface area contributed by atoms with E-state index in [2.05, 4.69) is 0 Å². The van der Waals surface area contributed by atoms with Crippen molar-refractivity contribution >= 4 is 15.6 Å². The highest BCUT2D eigenvalue weighted by molar-refractivity contribution is 7.45. The minimum absolute atomic E-state index is 0.00667. The maximum atomic E-state index is 8.88. The Morgan fingerprint density at radius 3 is 1.37 bits per heavy atom. The molecule has 0 rings (SSSR count). The lowest BCUT2D eigenvalue weighted by molar-refractivity contribution is -0.0177. The number of rotatable bonds is 4. The first-order valence-corrected chi connectivity index (χ1v) is 7.77. The highest BCUT2D eigenvalue weighted by Crippen LogP contribution is 2.26. The molecule has 0 aliphatic carbocycles. The zero-order valence-electron chi connectivity index (χ0n) is 10.3. The summed E-state index contributed by atoms with van der Waals surface area (Å²) >= 11 is 0. The summed E-state index contributed by atoms with van der Waals surface area (Å²) in [6.45, 7) is 3.70. The van der Waals surface area contributed by atoms with Crippen molar-refractivity contribution in [2.45, 2.75) is 26.1 Å². The smallest absolute Gasteiger partial charge is 0.394 e. The monoisotopic (exact) mass is 330 g/mol. The van der Waals surface area contributed by atoms with Crippen LogP contribution in [0.3, 0.4) is 0 Å². The van der Waals surface area contributed by atoms with Crippen LogP contribution in [-0.4, -0.2) is 65.0 Å². The zero-order valence-corrected chi connectivity index (χ0v) is 12.1. The second kappa shape index (κ2) is 11.9. The molecule has 8 N–H and O–H groups in total. The van der Waals surface area contributed by atoms with Gasteiger partial charge in [-0.25, -0.2) is 9.13 Å². The predicted molar refractivity (Wildman–Crippen MR) is 62.7 cm³/mol. The van der Waals surface area contributed by atoms with Crippen LogP contribution in [0.1, 0.15) is 13.8 Å². The first-order chi connectivity index (χ1) is 8.16. The Bertz CT molecular complexity index is 244. The third kappa shape index (κ3) is 93.1. The first kappa shape index (κ1) is 24.1. The van der Waals surface area contributed by atoms with E-state index in [1.165, 1.54) is 0 Å². The highest BCUT2D eigenvalue weighted by Gasteiger charge is 2.01. The Hall–Kier alpha value is 0.1000. The van der Waals surface area contributed by atoms with Gasteiger partial charge in [-0.05, 0) is 13.8 Å². The molecular formula is C6H20O11P2. The summed E-state index contributed by atoms with van der Waals surface area (Å²) < 4.78 is 22.7. The molecule has 0 fully saturated rings. The Labute approximate surface area is 109 Å². The van der Waals surface area contributed by atoms with Gasteiger partial charge in [-0.3, -0.25) is 0 Å². The van der Waals surface area contributed by atoms with Crippen LogP contribution < -0.4 is 0 Å². The minimum Gasteiger partial charge on any atom is -0.394 e. The average molecular weight is 330 g/mol. The van der Waals surface area contributed by atoms with Gasteiger partial charge in [0.2, 0.25) is 0 Å². The van der Waals surface area contributed by atoms with Gasteiger partial charge in [0.25, 0.3) is 0 Å². The quantitative estimate of drug-likeness (QED) is 0.262. The third-order valence-corrected chi connectivity index (χ3v) is 0.879. The number of aliphatic hydroxyl groups is 2. The summed E-state index contributed by atoms with van der Waals surface area (Å²) in [7, 11) is -9.28. The molecule has 0 radical (unpaired) electrons. The number of aliphatic hydroxyl groups excluding tert-OH is 2. The number of hydrogen-bond donors (Lipinski definition) is 8. The van der Waals surface area contributed by atoms with Gasteiger partial charge in [0, 0.05) is 0 Å². The molecule has 120 valence electrons. The molecule has 0 aromatic carbocycles. The average Bonchev–Trinajstić information content (AvgIpc) is 2.08. The standard InChI is InChI=1S/C6H14O3.2H3O4P/c1-5(8)4-9-6(2)3-7;2*1-5(2,3)4/h5-8H,3-4H2,1-2H3;2*(H3,1,2,3,4). The molecule has 11 nitrogen and oxygen atoms in total. The molecular weight excluding hydrogens is 310 g/mol. The molecule has 13 heteroatoms. The van der Waals surface area contributed by atoms with E-state index >= 15 is 0 Å². The Morgan fingerprint density at radius 1 is 0.947 bits per heavy atom. The van der Waals surface area contributed by atoms with Crippen molar-refractivity contribution in [1.29, 1.82) is 0 Å². The maximum absolute atomic E-state index is 8.88. The first-order valence-electron chi connectivity index (χ1n) is 4.64. The topological polar surface area (TPSA) is 205 Å². The summed E-state index contributed by atoms with van der Waals surface area (Å²) in [6.07, 6.45) is -0.612. The van der Waals surface area contributed by atoms with Crippen molar-refractivity contribution in [3.8, 4) is 0 Å². The Morgan fingerprint density at radius 2 is 1.21 bits per heavy atom. The number of phosphoric acid groups is 2. The molecule has 0 saturated carbocycles. The van der Waals surface area contributed by atoms with Gasteiger partial charge < -0.3 is 44.3 Å². The lowest BCUT2D eigenvalue weighted by atomic mass is 10.4. The summed E-state index contributed by atoms with van der Waals surface area (Å²) in [5, 5.41) is 17.1. The van der Waals surface area contributed by atoms with Gasteiger partial charge in [-0.15, -0.1) is 0 Å². The molecule has 2 unspecified atom stereocenters. The molecule has 0 aromatic rings. The summed E-state index contributed by atoms with van der Waals surface area (Å²) in [5.41, 5.74) is 0. The molecule has 0 aliphatic heterocycles. The van der Waals surface area contributed by atoms with Crippen LogP contribution in [0.25, 0.3) is 0 Å². The van der Waals surface area contributed by atoms with Gasteiger partial charge in [0.1, 0.15) is 0 Å². The van der Waals surface area contributed by atoms with E-state index in [0.717, 1.165) is 0 Å². The highest BCUT2D eigenvalue weighted by atomic mass is 31.2. The maximum Gasteiger partial charge on any atom is 0.466 e. The van der Waals surface area contributed by atoms with Crippen molar-refractivity contribution < 1.29 is 53.4 Å². The van der Waals surface area contributed by atoms with Gasteiger partial charge >= 0.3 is 15.6 Å². The number of hydrogen-bond acceptors (Lipinski definition) is 5.